The SMILES string of the molecule is Cc1cc(OC(CC(F)F)C(N)=O)cc(C)c1Cc1ccc(O)c(C(C)C)c1. The van der Waals surface area contributed by atoms with Gasteiger partial charge < -0.3 is 15.6 Å². The zero-order valence-corrected chi connectivity index (χ0v) is 16.6. The Bertz CT molecular complexity index is 827. The highest BCUT2D eigenvalue weighted by Gasteiger charge is 2.23. The molecule has 2 aromatic rings. The second kappa shape index (κ2) is 9.04. The molecule has 0 aliphatic heterocycles. The first-order valence-electron chi connectivity index (χ1n) is 9.24. The third-order valence-electron chi connectivity index (χ3n) is 4.75. The summed E-state index contributed by atoms with van der Waals surface area (Å²) in [7, 11) is 0. The first-order valence-corrected chi connectivity index (χ1v) is 9.24. The highest BCUT2D eigenvalue weighted by atomic mass is 19.3. The minimum absolute atomic E-state index is 0.207. The number of benzene rings is 2. The number of nitrogens with two attached hydrogens (primary N) is 1. The summed E-state index contributed by atoms with van der Waals surface area (Å²) in [6.07, 6.45) is -4.12. The molecule has 0 fully saturated rings. The molecule has 4 nitrogen and oxygen atoms in total. The molecule has 1 unspecified atom stereocenters. The molecule has 1 atom stereocenters. The normalized spacial score (nSPS) is 12.4. The van der Waals surface area contributed by atoms with Gasteiger partial charge in [-0.15, -0.1) is 0 Å². The summed E-state index contributed by atoms with van der Waals surface area (Å²) >= 11 is 0. The van der Waals surface area contributed by atoms with Gasteiger partial charge in [0.15, 0.2) is 6.10 Å². The smallest absolute Gasteiger partial charge is 0.258 e. The molecule has 0 aliphatic rings. The van der Waals surface area contributed by atoms with Crippen molar-refractivity contribution in [3.63, 3.8) is 0 Å². The molecule has 2 aromatic carbocycles. The van der Waals surface area contributed by atoms with Gasteiger partial charge in [-0.25, -0.2) is 8.78 Å². The van der Waals surface area contributed by atoms with Crippen molar-refractivity contribution in [1.82, 2.24) is 0 Å². The van der Waals surface area contributed by atoms with Crippen molar-refractivity contribution in [3.8, 4) is 11.5 Å². The lowest BCUT2D eigenvalue weighted by atomic mass is 9.93. The summed E-state index contributed by atoms with van der Waals surface area (Å²) in [6, 6.07) is 9.04. The molecule has 6 heteroatoms. The number of hydrogen-bond acceptors (Lipinski definition) is 3. The standard InChI is InChI=1S/C22H27F2NO3/c1-12(2)17-9-15(5-6-19(17)26)10-18-13(3)7-16(8-14(18)4)28-20(22(25)27)11-21(23)24/h5-9,12,20-21,26H,10-11H2,1-4H3,(H2,25,27). The molecule has 0 bridgehead atoms. The van der Waals surface area contributed by atoms with Crippen LogP contribution in [0.1, 0.15) is 54.0 Å². The molecule has 0 heterocycles. The first-order chi connectivity index (χ1) is 13.1. The van der Waals surface area contributed by atoms with Crippen LogP contribution in [0.25, 0.3) is 0 Å². The Kier molecular flexibility index (Phi) is 7.00. The maximum atomic E-state index is 12.6. The monoisotopic (exact) mass is 391 g/mol. The van der Waals surface area contributed by atoms with Crippen LogP contribution in [0.5, 0.6) is 11.5 Å². The van der Waals surface area contributed by atoms with Gasteiger partial charge in [0.1, 0.15) is 11.5 Å². The molecular weight excluding hydrogens is 364 g/mol. The van der Waals surface area contributed by atoms with Gasteiger partial charge in [0.2, 0.25) is 6.43 Å². The molecular formula is C22H27F2NO3. The van der Waals surface area contributed by atoms with Gasteiger partial charge >= 0.3 is 0 Å². The Labute approximate surface area is 164 Å². The number of carbonyl (C=O) groups is 1. The molecule has 152 valence electrons. The van der Waals surface area contributed by atoms with Crippen molar-refractivity contribution in [2.45, 2.75) is 59.0 Å². The predicted molar refractivity (Wildman–Crippen MR) is 105 cm³/mol. The number of aromatic hydroxyl groups is 1. The fraction of sp³-hybridized carbons (Fsp3) is 0.409. The Morgan fingerprint density at radius 1 is 1.14 bits per heavy atom. The zero-order chi connectivity index (χ0) is 21.0. The van der Waals surface area contributed by atoms with Crippen LogP contribution in [-0.2, 0) is 11.2 Å². The number of carbonyl (C=O) groups excluding carboxylic acids is 1. The maximum Gasteiger partial charge on any atom is 0.258 e. The van der Waals surface area contributed by atoms with Crippen LogP contribution in [0.4, 0.5) is 8.78 Å². The largest absolute Gasteiger partial charge is 0.508 e. The van der Waals surface area contributed by atoms with E-state index in [0.717, 1.165) is 27.8 Å². The van der Waals surface area contributed by atoms with Crippen LogP contribution in [0.2, 0.25) is 0 Å². The predicted octanol–water partition coefficient (Wildman–Crippen LogP) is 4.61. The van der Waals surface area contributed by atoms with Crippen molar-refractivity contribution in [3.05, 3.63) is 58.1 Å². The molecule has 0 saturated carbocycles. The van der Waals surface area contributed by atoms with Crippen molar-refractivity contribution < 1.29 is 23.4 Å². The van der Waals surface area contributed by atoms with Gasteiger partial charge in [-0.3, -0.25) is 4.79 Å². The van der Waals surface area contributed by atoms with Crippen LogP contribution in [-0.4, -0.2) is 23.5 Å². The van der Waals surface area contributed by atoms with Gasteiger partial charge in [-0.2, -0.15) is 0 Å². The lowest BCUT2D eigenvalue weighted by molar-refractivity contribution is -0.126. The zero-order valence-electron chi connectivity index (χ0n) is 16.6. The van der Waals surface area contributed by atoms with E-state index >= 15 is 0 Å². The summed E-state index contributed by atoms with van der Waals surface area (Å²) in [4.78, 5) is 11.4. The van der Waals surface area contributed by atoms with Crippen molar-refractivity contribution in [2.24, 2.45) is 5.73 Å². The number of rotatable bonds is 8. The molecule has 0 saturated heterocycles. The molecule has 1 amide bonds. The van der Waals surface area contributed by atoms with Gasteiger partial charge in [-0.05, 0) is 72.2 Å². The summed E-state index contributed by atoms with van der Waals surface area (Å²) in [5.41, 5.74) is 10.1. The number of alkyl halides is 2. The number of aryl methyl sites for hydroxylation is 2. The Balaban J connectivity index is 2.27. The topological polar surface area (TPSA) is 72.5 Å². The van der Waals surface area contributed by atoms with E-state index in [9.17, 15) is 18.7 Å². The van der Waals surface area contributed by atoms with E-state index in [1.165, 1.54) is 0 Å². The van der Waals surface area contributed by atoms with Crippen molar-refractivity contribution in [2.75, 3.05) is 0 Å². The van der Waals surface area contributed by atoms with Gasteiger partial charge in [0.05, 0.1) is 6.42 Å². The van der Waals surface area contributed by atoms with Crippen LogP contribution in [0.15, 0.2) is 30.3 Å². The number of phenolic OH excluding ortho intramolecular Hbond substituents is 1. The number of primary amides is 1. The molecule has 2 rings (SSSR count). The van der Waals surface area contributed by atoms with Crippen molar-refractivity contribution >= 4 is 5.91 Å². The van der Waals surface area contributed by atoms with Crippen molar-refractivity contribution in [1.29, 1.82) is 0 Å². The fourth-order valence-electron chi connectivity index (χ4n) is 3.23. The van der Waals surface area contributed by atoms with Crippen LogP contribution in [0, 0.1) is 13.8 Å². The summed E-state index contributed by atoms with van der Waals surface area (Å²) < 4.78 is 30.7. The molecule has 0 aromatic heterocycles. The van der Waals surface area contributed by atoms with E-state index in [1.54, 1.807) is 18.2 Å². The highest BCUT2D eigenvalue weighted by Crippen LogP contribution is 2.30. The van der Waals surface area contributed by atoms with E-state index < -0.39 is 24.9 Å². The highest BCUT2D eigenvalue weighted by molar-refractivity contribution is 5.79. The summed E-state index contributed by atoms with van der Waals surface area (Å²) in [5.74, 6) is -0.0762. The summed E-state index contributed by atoms with van der Waals surface area (Å²) in [5, 5.41) is 10.0. The minimum Gasteiger partial charge on any atom is -0.508 e. The second-order valence-corrected chi connectivity index (χ2v) is 7.40. The fourth-order valence-corrected chi connectivity index (χ4v) is 3.23. The van der Waals surface area contributed by atoms with E-state index in [0.29, 0.717) is 12.2 Å². The molecule has 3 N–H and O–H groups in total. The number of phenols is 1. The first kappa shape index (κ1) is 21.7. The lowest BCUT2D eigenvalue weighted by Gasteiger charge is -2.19. The number of hydrogen-bond donors (Lipinski definition) is 2. The number of ether oxygens (including phenoxy) is 1. The Morgan fingerprint density at radius 2 is 1.75 bits per heavy atom. The van der Waals surface area contributed by atoms with E-state index in [1.807, 2.05) is 39.8 Å². The molecule has 0 spiro atoms. The van der Waals surface area contributed by atoms with E-state index in [2.05, 4.69) is 0 Å². The van der Waals surface area contributed by atoms with Crippen LogP contribution < -0.4 is 10.5 Å². The number of halogens is 2. The average Bonchev–Trinajstić information content (AvgIpc) is 2.58. The lowest BCUT2D eigenvalue weighted by Crippen LogP contribution is -2.35. The van der Waals surface area contributed by atoms with Gasteiger partial charge in [0.25, 0.3) is 5.91 Å². The third-order valence-corrected chi connectivity index (χ3v) is 4.75. The van der Waals surface area contributed by atoms with Gasteiger partial charge in [-0.1, -0.05) is 26.0 Å². The quantitative estimate of drug-likeness (QED) is 0.690. The molecule has 0 aliphatic carbocycles. The maximum absolute atomic E-state index is 12.6. The Hall–Kier alpha value is -2.63. The minimum atomic E-state index is -2.68. The third kappa shape index (κ3) is 5.44. The molecule has 0 radical (unpaired) electrons. The van der Waals surface area contributed by atoms with Crippen LogP contribution >= 0.6 is 0 Å². The second-order valence-electron chi connectivity index (χ2n) is 7.40. The van der Waals surface area contributed by atoms with Gasteiger partial charge in [0, 0.05) is 0 Å². The van der Waals surface area contributed by atoms with E-state index in [-0.39, 0.29) is 11.7 Å². The van der Waals surface area contributed by atoms with Crippen LogP contribution in [0.3, 0.4) is 0 Å². The number of amides is 1. The van der Waals surface area contributed by atoms with E-state index in [4.69, 9.17) is 10.5 Å². The Morgan fingerprint density at radius 3 is 2.25 bits per heavy atom. The molecule has 28 heavy (non-hydrogen) atoms. The average molecular weight is 391 g/mol. The summed E-state index contributed by atoms with van der Waals surface area (Å²) in [6.45, 7) is 7.86.